The Labute approximate surface area is 155 Å². The molecule has 0 radical (unpaired) electrons. The molecule has 1 aromatic heterocycles. The molecular weight excluding hydrogens is 363 g/mol. The van der Waals surface area contributed by atoms with Gasteiger partial charge in [0.15, 0.2) is 0 Å². The Kier molecular flexibility index (Phi) is 5.06. The Bertz CT molecular complexity index is 917. The average molecular weight is 374 g/mol. The van der Waals surface area contributed by atoms with Gasteiger partial charge < -0.3 is 0 Å². The topological polar surface area (TPSA) is 36.7 Å². The highest BCUT2D eigenvalue weighted by Gasteiger charge is 2.15. The van der Waals surface area contributed by atoms with Crippen molar-refractivity contribution >= 4 is 40.4 Å². The summed E-state index contributed by atoms with van der Waals surface area (Å²) in [6, 6.07) is 11.2. The molecule has 0 atom stereocenters. The van der Waals surface area contributed by atoms with Gasteiger partial charge in [0.1, 0.15) is 11.2 Å². The van der Waals surface area contributed by atoms with E-state index in [0.717, 1.165) is 22.4 Å². The van der Waals surface area contributed by atoms with Gasteiger partial charge in [-0.05, 0) is 47.9 Å². The molecule has 1 aliphatic carbocycles. The smallest absolute Gasteiger partial charge is 0.147 e. The van der Waals surface area contributed by atoms with Crippen LogP contribution in [-0.2, 0) is 0 Å². The average Bonchev–Trinajstić information content (AvgIpc) is 2.80. The number of nitrogens with zero attached hydrogens (tertiary/aromatic N) is 2. The van der Waals surface area contributed by atoms with E-state index in [2.05, 4.69) is 11.1 Å². The molecule has 0 amide bonds. The van der Waals surface area contributed by atoms with Gasteiger partial charge in [-0.1, -0.05) is 59.1 Å². The fraction of sp³-hybridized carbons (Fsp3) is 0.0526. The van der Waals surface area contributed by atoms with E-state index in [1.165, 1.54) is 0 Å². The number of benzene rings is 1. The Balaban J connectivity index is 2.21. The highest BCUT2D eigenvalue weighted by atomic mass is 35.5. The van der Waals surface area contributed by atoms with Gasteiger partial charge >= 0.3 is 0 Å². The van der Waals surface area contributed by atoms with Gasteiger partial charge in [-0.3, -0.25) is 0 Å². The monoisotopic (exact) mass is 372 g/mol. The molecule has 118 valence electrons. The van der Waals surface area contributed by atoms with E-state index < -0.39 is 0 Å². The number of allylic oxidation sites excluding steroid dienone is 6. The van der Waals surface area contributed by atoms with Crippen LogP contribution < -0.4 is 0 Å². The largest absolute Gasteiger partial charge is 0.234 e. The molecule has 0 fully saturated rings. The maximum absolute atomic E-state index is 9.27. The second-order valence-electron chi connectivity index (χ2n) is 5.19. The first-order valence-electron chi connectivity index (χ1n) is 7.18. The summed E-state index contributed by atoms with van der Waals surface area (Å²) in [5.41, 5.74) is 3.79. The summed E-state index contributed by atoms with van der Waals surface area (Å²) in [5, 5.41) is 10.8. The number of hydrogen-bond donors (Lipinski definition) is 0. The van der Waals surface area contributed by atoms with Gasteiger partial charge in [-0.25, -0.2) is 4.98 Å². The van der Waals surface area contributed by atoms with Crippen molar-refractivity contribution in [2.45, 2.75) is 6.42 Å². The predicted molar refractivity (Wildman–Crippen MR) is 100 cm³/mol. The molecule has 1 heterocycles. The first-order valence-corrected chi connectivity index (χ1v) is 8.31. The zero-order valence-corrected chi connectivity index (χ0v) is 14.7. The van der Waals surface area contributed by atoms with Crippen LogP contribution in [0.5, 0.6) is 0 Å². The lowest BCUT2D eigenvalue weighted by Crippen LogP contribution is -1.97. The van der Waals surface area contributed by atoms with E-state index in [9.17, 15) is 5.26 Å². The fourth-order valence-corrected chi connectivity index (χ4v) is 2.90. The van der Waals surface area contributed by atoms with Crippen LogP contribution in [0.15, 0.2) is 59.7 Å². The molecule has 0 N–H and O–H groups in total. The second-order valence-corrected chi connectivity index (χ2v) is 6.42. The van der Waals surface area contributed by atoms with E-state index in [-0.39, 0.29) is 5.15 Å². The van der Waals surface area contributed by atoms with Crippen LogP contribution in [0.2, 0.25) is 10.2 Å². The molecule has 2 aromatic rings. The van der Waals surface area contributed by atoms with Crippen LogP contribution in [0, 0.1) is 11.3 Å². The maximum Gasteiger partial charge on any atom is 0.147 e. The van der Waals surface area contributed by atoms with Crippen molar-refractivity contribution in [3.8, 4) is 17.2 Å². The third kappa shape index (κ3) is 3.55. The first-order chi connectivity index (χ1) is 11.6. The van der Waals surface area contributed by atoms with Crippen molar-refractivity contribution in [3.05, 3.63) is 81.1 Å². The number of nitriles is 1. The summed E-state index contributed by atoms with van der Waals surface area (Å²) in [4.78, 5) is 4.47. The molecule has 0 aliphatic heterocycles. The van der Waals surface area contributed by atoms with Crippen LogP contribution in [0.1, 0.15) is 17.7 Å². The molecule has 1 aromatic carbocycles. The Morgan fingerprint density at radius 1 is 1.04 bits per heavy atom. The minimum Gasteiger partial charge on any atom is -0.234 e. The van der Waals surface area contributed by atoms with Crippen LogP contribution in [-0.4, -0.2) is 4.98 Å². The van der Waals surface area contributed by atoms with Gasteiger partial charge in [-0.15, -0.1) is 0 Å². The van der Waals surface area contributed by atoms with Crippen LogP contribution in [0.4, 0.5) is 0 Å². The molecule has 3 rings (SSSR count). The minimum absolute atomic E-state index is 0.189. The molecule has 0 saturated carbocycles. The number of pyridine rings is 1. The van der Waals surface area contributed by atoms with Crippen LogP contribution >= 0.6 is 34.8 Å². The minimum atomic E-state index is 0.189. The predicted octanol–water partition coefficient (Wildman–Crippen LogP) is 6.39. The van der Waals surface area contributed by atoms with E-state index >= 15 is 0 Å². The summed E-state index contributed by atoms with van der Waals surface area (Å²) in [6.45, 7) is 0. The number of hydrogen-bond acceptors (Lipinski definition) is 2. The van der Waals surface area contributed by atoms with Gasteiger partial charge in [0.2, 0.25) is 0 Å². The number of rotatable bonds is 2. The fourth-order valence-electron chi connectivity index (χ4n) is 2.44. The van der Waals surface area contributed by atoms with Gasteiger partial charge in [0.25, 0.3) is 0 Å². The number of aromatic nitrogens is 1. The molecule has 24 heavy (non-hydrogen) atoms. The molecular formula is C19H11Cl3N2. The zero-order valence-electron chi connectivity index (χ0n) is 12.4. The summed E-state index contributed by atoms with van der Waals surface area (Å²) in [7, 11) is 0. The first kappa shape index (κ1) is 16.8. The van der Waals surface area contributed by atoms with Gasteiger partial charge in [0.05, 0.1) is 11.3 Å². The third-order valence-electron chi connectivity index (χ3n) is 3.61. The standard InChI is InChI=1S/C19H11Cl3N2/c20-15-3-1-2-13(6-9-15)18-17(10-14(11-23)19(22)24-18)12-4-7-16(21)8-5-12/h1,3-10H,2H2. The van der Waals surface area contributed by atoms with E-state index in [1.807, 2.05) is 36.4 Å². The normalized spacial score (nSPS) is 13.8. The van der Waals surface area contributed by atoms with Crippen molar-refractivity contribution in [2.24, 2.45) is 0 Å². The Morgan fingerprint density at radius 2 is 1.79 bits per heavy atom. The molecule has 2 nitrogen and oxygen atoms in total. The van der Waals surface area contributed by atoms with Crippen molar-refractivity contribution < 1.29 is 0 Å². The molecule has 0 unspecified atom stereocenters. The molecule has 0 saturated heterocycles. The lowest BCUT2D eigenvalue weighted by Gasteiger charge is -2.12. The highest BCUT2D eigenvalue weighted by Crippen LogP contribution is 2.34. The van der Waals surface area contributed by atoms with Crippen LogP contribution in [0.25, 0.3) is 16.7 Å². The van der Waals surface area contributed by atoms with E-state index in [1.54, 1.807) is 18.2 Å². The molecule has 1 aliphatic rings. The SMILES string of the molecule is N#Cc1cc(-c2ccc(Cl)cc2)c(C2=CC=C(Cl)C=CC2)nc1Cl. The second kappa shape index (κ2) is 7.23. The van der Waals surface area contributed by atoms with Gasteiger partial charge in [0, 0.05) is 15.6 Å². The Hall–Kier alpha value is -2.05. The van der Waals surface area contributed by atoms with Crippen molar-refractivity contribution in [3.63, 3.8) is 0 Å². The van der Waals surface area contributed by atoms with Crippen molar-refractivity contribution in [1.82, 2.24) is 4.98 Å². The van der Waals surface area contributed by atoms with E-state index in [4.69, 9.17) is 34.8 Å². The molecule has 5 heteroatoms. The molecule has 0 spiro atoms. The summed E-state index contributed by atoms with van der Waals surface area (Å²) >= 11 is 18.2. The summed E-state index contributed by atoms with van der Waals surface area (Å²) in [6.07, 6.45) is 8.23. The van der Waals surface area contributed by atoms with Crippen molar-refractivity contribution in [2.75, 3.05) is 0 Å². The Morgan fingerprint density at radius 3 is 2.50 bits per heavy atom. The van der Waals surface area contributed by atoms with Crippen molar-refractivity contribution in [1.29, 1.82) is 5.26 Å². The number of halogens is 3. The highest BCUT2D eigenvalue weighted by molar-refractivity contribution is 6.31. The van der Waals surface area contributed by atoms with E-state index in [0.29, 0.717) is 22.0 Å². The lowest BCUT2D eigenvalue weighted by atomic mass is 9.96. The quantitative estimate of drug-likeness (QED) is 0.572. The zero-order chi connectivity index (χ0) is 17.1. The van der Waals surface area contributed by atoms with Crippen LogP contribution in [0.3, 0.4) is 0 Å². The maximum atomic E-state index is 9.27. The summed E-state index contributed by atoms with van der Waals surface area (Å²) in [5.74, 6) is 0. The van der Waals surface area contributed by atoms with Gasteiger partial charge in [-0.2, -0.15) is 5.26 Å². The summed E-state index contributed by atoms with van der Waals surface area (Å²) < 4.78 is 0. The third-order valence-corrected chi connectivity index (χ3v) is 4.41. The lowest BCUT2D eigenvalue weighted by molar-refractivity contribution is 1.22. The molecule has 0 bridgehead atoms.